The summed E-state index contributed by atoms with van der Waals surface area (Å²) in [5.74, 6) is 0.313. The number of pyridine rings is 1. The summed E-state index contributed by atoms with van der Waals surface area (Å²) in [6.45, 7) is 1.15. The first-order chi connectivity index (χ1) is 57.7. The van der Waals surface area contributed by atoms with E-state index in [1.807, 2.05) is 42.0 Å². The Balaban J connectivity index is 0.709. The van der Waals surface area contributed by atoms with E-state index in [4.69, 9.17) is 71.2 Å². The Morgan fingerprint density at radius 3 is 1.79 bits per heavy atom. The van der Waals surface area contributed by atoms with Crippen LogP contribution in [0.4, 0.5) is 17.3 Å². The van der Waals surface area contributed by atoms with E-state index in [1.165, 1.54) is 56.4 Å². The van der Waals surface area contributed by atoms with Crippen molar-refractivity contribution in [3.8, 4) is 0 Å². The summed E-state index contributed by atoms with van der Waals surface area (Å²) in [6, 6.07) is 11.2. The summed E-state index contributed by atoms with van der Waals surface area (Å²) in [7, 11) is -34.2. The van der Waals surface area contributed by atoms with E-state index < -0.39 is 209 Å². The molecule has 658 valence electrons. The number of ether oxygens (including phenoxy) is 5. The number of phosphoric ester groups is 5. The molecule has 4 aliphatic heterocycles. The maximum Gasteiger partial charge on any atom is 0.330 e. The molecule has 0 amide bonds. The number of furan rings is 1. The normalized spacial score (nSPS) is 25.2. The van der Waals surface area contributed by atoms with Gasteiger partial charge in [-0.1, -0.05) is 11.3 Å². The van der Waals surface area contributed by atoms with Gasteiger partial charge in [-0.15, -0.1) is 5.10 Å². The molecule has 10 aromatic rings. The van der Waals surface area contributed by atoms with Crippen LogP contribution >= 0.6 is 39.1 Å². The number of nitrogens with zero attached hydrogens (tertiary/aromatic N) is 15. The highest BCUT2D eigenvalue weighted by molar-refractivity contribution is 7.85. The maximum atomic E-state index is 14.5. The van der Waals surface area contributed by atoms with Gasteiger partial charge in [-0.3, -0.25) is 65.3 Å². The topological polar surface area (TPSA) is 718 Å². The van der Waals surface area contributed by atoms with Crippen molar-refractivity contribution in [3.63, 3.8) is 0 Å². The number of rotatable bonds is 37. The van der Waals surface area contributed by atoms with E-state index in [0.29, 0.717) is 21.5 Å². The molecule has 4 saturated heterocycles. The Morgan fingerprint density at radius 2 is 1.21 bits per heavy atom. The number of hydrogen-bond donors (Lipinski definition) is 6. The fourth-order valence-electron chi connectivity index (χ4n) is 14.0. The molecular weight excluding hydrogens is 1750 g/mol. The summed E-state index contributed by atoms with van der Waals surface area (Å²) in [4.78, 5) is 169. The van der Waals surface area contributed by atoms with E-state index in [9.17, 15) is 89.2 Å². The molecule has 52 nitrogen and oxygen atoms in total. The molecule has 4 fully saturated rings. The van der Waals surface area contributed by atoms with Crippen LogP contribution in [-0.2, 0) is 113 Å². The molecule has 1 aromatic carbocycles. The van der Waals surface area contributed by atoms with Crippen LogP contribution in [0.25, 0.3) is 45.4 Å². The van der Waals surface area contributed by atoms with Gasteiger partial charge in [0.05, 0.1) is 70.2 Å². The summed E-state index contributed by atoms with van der Waals surface area (Å²) < 4.78 is 190. The second-order valence-corrected chi connectivity index (χ2v) is 35.5. The van der Waals surface area contributed by atoms with Crippen molar-refractivity contribution in [3.05, 3.63) is 157 Å². The Bertz CT molecular complexity index is 6190. The number of aromatic nitrogens is 16. The number of nitrogens with one attached hydrogen (secondary N) is 2. The quantitative estimate of drug-likeness (QED) is 0.0141. The van der Waals surface area contributed by atoms with Crippen molar-refractivity contribution < 1.29 is 139 Å². The number of nitrogen functional groups attached to an aromatic ring is 2. The van der Waals surface area contributed by atoms with Crippen LogP contribution in [0.1, 0.15) is 87.0 Å². The van der Waals surface area contributed by atoms with Crippen molar-refractivity contribution in [2.75, 3.05) is 55.9 Å². The predicted molar refractivity (Wildman–Crippen MR) is 399 cm³/mol. The van der Waals surface area contributed by atoms with Gasteiger partial charge in [0.15, 0.2) is 52.0 Å². The summed E-state index contributed by atoms with van der Waals surface area (Å²) >= 11 is 0. The van der Waals surface area contributed by atoms with Crippen LogP contribution in [0, 0.1) is 6.92 Å². The van der Waals surface area contributed by atoms with E-state index in [1.54, 1.807) is 24.3 Å². The van der Waals surface area contributed by atoms with Gasteiger partial charge in [-0.25, -0.2) is 47.9 Å². The predicted octanol–water partition coefficient (Wildman–Crippen LogP) is -1.85. The highest BCUT2D eigenvalue weighted by Gasteiger charge is 2.52. The van der Waals surface area contributed by atoms with Gasteiger partial charge in [0, 0.05) is 98.6 Å². The van der Waals surface area contributed by atoms with Gasteiger partial charge in [-0.2, -0.15) is 4.57 Å². The third kappa shape index (κ3) is 21.3. The van der Waals surface area contributed by atoms with Crippen LogP contribution in [0.3, 0.4) is 0 Å². The number of anilines is 3. The monoisotopic (exact) mass is 1820 g/mol. The average Bonchev–Trinajstić information content (AvgIpc) is 1.63. The minimum atomic E-state index is -6.09. The molecule has 9 aromatic heterocycles. The van der Waals surface area contributed by atoms with Gasteiger partial charge < -0.3 is 119 Å². The Hall–Kier alpha value is -9.09. The molecule has 8 N–H and O–H groups in total. The number of hydrogen-bond acceptors (Lipinski definition) is 42. The number of imidazole rings is 2. The molecule has 6 unspecified atom stereocenters. The zero-order chi connectivity index (χ0) is 87.1. The first-order valence-corrected chi connectivity index (χ1v) is 45.4. The Kier molecular flexibility index (Phi) is 26.5. The second kappa shape index (κ2) is 36.2. The minimum absolute atomic E-state index is 0.0225. The molecule has 13 heterocycles. The van der Waals surface area contributed by atoms with Crippen LogP contribution in [-0.4, -0.2) is 190 Å². The molecule has 0 radical (unpaired) electrons. The fraction of sp³-hybridized carbons (Fsp3) is 0.453. The zero-order valence-electron chi connectivity index (χ0n) is 63.6. The minimum Gasteiger partial charge on any atom is -0.756 e. The lowest BCUT2D eigenvalue weighted by molar-refractivity contribution is -0.734. The number of aromatic amines is 2. The fourth-order valence-corrected chi connectivity index (χ4v) is 18.4. The smallest absolute Gasteiger partial charge is 0.330 e. The lowest BCUT2D eigenvalue weighted by Gasteiger charge is -2.33. The summed E-state index contributed by atoms with van der Waals surface area (Å²) in [6.07, 6.45) is -12.7. The molecule has 4 aliphatic rings. The molecular formula is C64H73N19O33P5S-5. The molecule has 0 aliphatic carbocycles. The van der Waals surface area contributed by atoms with E-state index in [0.717, 1.165) is 59.8 Å². The van der Waals surface area contributed by atoms with Crippen molar-refractivity contribution in [1.82, 2.24) is 73.1 Å². The third-order valence-corrected chi connectivity index (χ3v) is 24.4. The number of benzene rings is 1. The first-order valence-electron chi connectivity index (χ1n) is 36.6. The maximum absolute atomic E-state index is 14.5. The van der Waals surface area contributed by atoms with E-state index in [-0.39, 0.29) is 64.7 Å². The van der Waals surface area contributed by atoms with Crippen molar-refractivity contribution in [2.45, 2.75) is 151 Å². The van der Waals surface area contributed by atoms with Crippen LogP contribution in [0.2, 0.25) is 0 Å². The number of aryl methyl sites for hydroxylation is 3. The van der Waals surface area contributed by atoms with Crippen LogP contribution in [0.15, 0.2) is 121 Å². The molecule has 0 saturated carbocycles. The SMILES string of the molecule is CCN(CC)c1ccc2cc(/C=C/c3cc[n+](CCCn4cc(CO[C@H]5C(n6ccc(=O)[nH]c6=O)O[C@H](COP(=O)([O-])O[C@H]6C[C@H](n7cc(C)c(=O)[nH]c7=O)O[C@@H]6COP(=O)([O-])O[C@H]6C[C@H](n7cnc8c(N)ncnc87)O[C@@H]6COP(=O)([O-])O)[C@H]5OP(=O)([O-])OC[C@H]5O[C@@H](n6cnc7c(N)ncnc76)C[C@@H]5OP(=O)([O-])O)nn4)c(S(=O)(=O)[O-])c3)oc2c1. The lowest BCUT2D eigenvalue weighted by atomic mass is 10.1. The number of fused-ring (bicyclic) bond motifs is 3. The van der Waals surface area contributed by atoms with E-state index in [2.05, 4.69) is 49.6 Å². The number of H-pyrrole nitrogens is 2. The van der Waals surface area contributed by atoms with Crippen LogP contribution in [0.5, 0.6) is 0 Å². The summed E-state index contributed by atoms with van der Waals surface area (Å²) in [5, 5.41) is 8.46. The summed E-state index contributed by atoms with van der Waals surface area (Å²) in [5.41, 5.74) is 9.76. The number of phosphoric acid groups is 5. The second-order valence-electron chi connectivity index (χ2n) is 27.7. The first kappa shape index (κ1) is 89.2. The van der Waals surface area contributed by atoms with E-state index >= 15 is 0 Å². The highest BCUT2D eigenvalue weighted by atomic mass is 32.2. The molecule has 14 rings (SSSR count). The van der Waals surface area contributed by atoms with Gasteiger partial charge in [-0.05, 0) is 50.6 Å². The molecule has 0 spiro atoms. The highest BCUT2D eigenvalue weighted by Crippen LogP contribution is 2.53. The molecule has 0 bridgehead atoms. The van der Waals surface area contributed by atoms with Gasteiger partial charge >= 0.3 is 11.4 Å². The largest absolute Gasteiger partial charge is 0.756 e. The van der Waals surface area contributed by atoms with Crippen molar-refractivity contribution in [1.29, 1.82) is 0 Å². The standard InChI is InChI=1S/C64H78N19O33P5S/c1-4-77(5-2)38-9-8-36-18-39(108-40(36)19-38)10-7-35-11-15-78(52(17-35)122(100,101)102)13-6-14-79-24-37(75-76-79)25-103-56-55(116-121(98,99)106-27-45-41(113-118(91,92)93)20-50(111-45)82-32-71-53-57(65)67-30-69-59(53)82)47(112-62(56)80-16-12-48(84)73-63(80)86)29-107-120(96,97)114-42-21-49(81-23-34(3)61(85)74-64(81)87)109-46(42)28-105-119(94,95)115-43-22-51(110-44(43)26-104-117(88,89)90)83-33-72-54-58(66)68-31-70-60(54)83/h7-12,15-19,23-24,30-33,41-47,49-51,55-56,62H,4-6,13-14,20-22,25-29H2,1-3H3,(H13-,65,66,67,68,69,70,73,74,84,85,86,87,88,89,90,91,92,93,94,95,96,97,98,99,100,101,102)/p-5/t41-,42-,43-,44+,45+,46+,47+,49+,50+,51+,55+,56+,62?/m0/s1. The van der Waals surface area contributed by atoms with Gasteiger partial charge in [0.25, 0.3) is 55.3 Å². The van der Waals surface area contributed by atoms with Gasteiger partial charge in [0.2, 0.25) is 0 Å². The third-order valence-electron chi connectivity index (χ3n) is 19.6. The van der Waals surface area contributed by atoms with Gasteiger partial charge in [0.1, 0.15) is 96.0 Å². The molecule has 122 heavy (non-hydrogen) atoms. The van der Waals surface area contributed by atoms with Crippen molar-refractivity contribution in [2.24, 2.45) is 0 Å². The molecule has 18 atom stereocenters. The Labute approximate surface area is 684 Å². The molecule has 58 heteroatoms. The van der Waals surface area contributed by atoms with Crippen molar-refractivity contribution >= 4 is 112 Å². The zero-order valence-corrected chi connectivity index (χ0v) is 68.9. The Morgan fingerprint density at radius 1 is 0.648 bits per heavy atom. The average molecular weight is 1820 g/mol. The van der Waals surface area contributed by atoms with Crippen LogP contribution < -0.4 is 67.9 Å². The number of nitrogens with two attached hydrogens (primary N) is 2. The lowest BCUT2D eigenvalue weighted by Crippen LogP contribution is -2.41.